The molecule has 0 aliphatic carbocycles. The zero-order chi connectivity index (χ0) is 18.5. The minimum atomic E-state index is -0.483. The SMILES string of the molecule is COc1ccc(CC(=O)N2CCCN(C(=O)c3ccco3)CC2)cc1F. The van der Waals surface area contributed by atoms with Crippen LogP contribution in [0.25, 0.3) is 0 Å². The van der Waals surface area contributed by atoms with E-state index in [1.54, 1.807) is 28.0 Å². The van der Waals surface area contributed by atoms with Gasteiger partial charge in [0, 0.05) is 26.2 Å². The summed E-state index contributed by atoms with van der Waals surface area (Å²) in [4.78, 5) is 28.3. The largest absolute Gasteiger partial charge is 0.494 e. The number of carbonyl (C=O) groups excluding carboxylic acids is 2. The molecular weight excluding hydrogens is 339 g/mol. The summed E-state index contributed by atoms with van der Waals surface area (Å²) in [5.41, 5.74) is 0.598. The molecule has 138 valence electrons. The fourth-order valence-electron chi connectivity index (χ4n) is 3.03. The summed E-state index contributed by atoms with van der Waals surface area (Å²) in [6.07, 6.45) is 2.27. The van der Waals surface area contributed by atoms with Gasteiger partial charge in [-0.2, -0.15) is 0 Å². The number of hydrogen-bond acceptors (Lipinski definition) is 4. The Morgan fingerprint density at radius 1 is 1.15 bits per heavy atom. The van der Waals surface area contributed by atoms with Crippen molar-refractivity contribution in [3.05, 3.63) is 53.7 Å². The zero-order valence-corrected chi connectivity index (χ0v) is 14.6. The van der Waals surface area contributed by atoms with Gasteiger partial charge in [-0.15, -0.1) is 0 Å². The number of rotatable bonds is 4. The average Bonchev–Trinajstić information content (AvgIpc) is 3.05. The van der Waals surface area contributed by atoms with Crippen molar-refractivity contribution in [2.45, 2.75) is 12.8 Å². The summed E-state index contributed by atoms with van der Waals surface area (Å²) < 4.78 is 23.8. The third-order valence-electron chi connectivity index (χ3n) is 4.44. The van der Waals surface area contributed by atoms with Gasteiger partial charge in [0.1, 0.15) is 0 Å². The van der Waals surface area contributed by atoms with Gasteiger partial charge >= 0.3 is 0 Å². The number of benzene rings is 1. The van der Waals surface area contributed by atoms with Crippen molar-refractivity contribution in [2.24, 2.45) is 0 Å². The first-order chi connectivity index (χ1) is 12.6. The molecule has 2 amide bonds. The summed E-state index contributed by atoms with van der Waals surface area (Å²) >= 11 is 0. The number of amides is 2. The molecular formula is C19H21FN2O4. The number of methoxy groups -OCH3 is 1. The summed E-state index contributed by atoms with van der Waals surface area (Å²) in [5, 5.41) is 0. The van der Waals surface area contributed by atoms with Crippen LogP contribution in [0, 0.1) is 5.82 Å². The standard InChI is InChI=1S/C19H21FN2O4/c1-25-16-6-5-14(12-15(16)20)13-18(23)21-7-3-8-22(10-9-21)19(24)17-4-2-11-26-17/h2,4-6,11-12H,3,7-10,13H2,1H3. The molecule has 7 heteroatoms. The predicted molar refractivity (Wildman–Crippen MR) is 92.5 cm³/mol. The van der Waals surface area contributed by atoms with Crippen LogP contribution in [0.3, 0.4) is 0 Å². The molecule has 2 heterocycles. The van der Waals surface area contributed by atoms with Gasteiger partial charge in [-0.05, 0) is 36.2 Å². The van der Waals surface area contributed by atoms with Crippen molar-refractivity contribution in [2.75, 3.05) is 33.3 Å². The lowest BCUT2D eigenvalue weighted by Gasteiger charge is -2.21. The highest BCUT2D eigenvalue weighted by molar-refractivity contribution is 5.91. The number of nitrogens with zero attached hydrogens (tertiary/aromatic N) is 2. The van der Waals surface area contributed by atoms with Gasteiger partial charge in [0.25, 0.3) is 5.91 Å². The van der Waals surface area contributed by atoms with Gasteiger partial charge in [0.2, 0.25) is 5.91 Å². The van der Waals surface area contributed by atoms with Gasteiger partial charge in [-0.25, -0.2) is 4.39 Å². The Bertz CT molecular complexity index is 776. The molecule has 0 bridgehead atoms. The third-order valence-corrected chi connectivity index (χ3v) is 4.44. The van der Waals surface area contributed by atoms with Gasteiger partial charge in [-0.3, -0.25) is 9.59 Å². The van der Waals surface area contributed by atoms with E-state index in [1.807, 2.05) is 0 Å². The van der Waals surface area contributed by atoms with Crippen LogP contribution >= 0.6 is 0 Å². The topological polar surface area (TPSA) is 63.0 Å². The van der Waals surface area contributed by atoms with E-state index in [-0.39, 0.29) is 24.0 Å². The lowest BCUT2D eigenvalue weighted by Crippen LogP contribution is -2.37. The molecule has 0 radical (unpaired) electrons. The van der Waals surface area contributed by atoms with E-state index in [1.165, 1.54) is 25.5 Å². The number of halogens is 1. The van der Waals surface area contributed by atoms with E-state index >= 15 is 0 Å². The Morgan fingerprint density at radius 3 is 2.62 bits per heavy atom. The number of ether oxygens (including phenoxy) is 1. The highest BCUT2D eigenvalue weighted by Crippen LogP contribution is 2.19. The van der Waals surface area contributed by atoms with Crippen LogP contribution < -0.4 is 4.74 Å². The molecule has 1 aliphatic heterocycles. The molecule has 26 heavy (non-hydrogen) atoms. The molecule has 1 aromatic carbocycles. The first-order valence-electron chi connectivity index (χ1n) is 8.51. The smallest absolute Gasteiger partial charge is 0.289 e. The fraction of sp³-hybridized carbons (Fsp3) is 0.368. The van der Waals surface area contributed by atoms with E-state index in [0.29, 0.717) is 43.9 Å². The maximum absolute atomic E-state index is 13.8. The second-order valence-electron chi connectivity index (χ2n) is 6.15. The Morgan fingerprint density at radius 2 is 1.92 bits per heavy atom. The van der Waals surface area contributed by atoms with Gasteiger partial charge in [-0.1, -0.05) is 6.07 Å². The zero-order valence-electron chi connectivity index (χ0n) is 14.6. The Labute approximate surface area is 151 Å². The maximum Gasteiger partial charge on any atom is 0.289 e. The van der Waals surface area contributed by atoms with Crippen LogP contribution in [0.15, 0.2) is 41.0 Å². The van der Waals surface area contributed by atoms with Crippen molar-refractivity contribution < 1.29 is 23.1 Å². The maximum atomic E-state index is 13.8. The second kappa shape index (κ2) is 8.03. The molecule has 0 spiro atoms. The summed E-state index contributed by atoms with van der Waals surface area (Å²) in [6.45, 7) is 2.03. The molecule has 1 aliphatic rings. The Balaban J connectivity index is 1.59. The molecule has 1 saturated heterocycles. The first kappa shape index (κ1) is 18.0. The molecule has 0 unspecified atom stereocenters. The first-order valence-corrected chi connectivity index (χ1v) is 8.51. The van der Waals surface area contributed by atoms with Crippen molar-refractivity contribution in [3.63, 3.8) is 0 Å². The molecule has 3 rings (SSSR count). The van der Waals surface area contributed by atoms with Crippen LogP contribution in [0.1, 0.15) is 22.5 Å². The normalized spacial score (nSPS) is 14.8. The van der Waals surface area contributed by atoms with Gasteiger partial charge < -0.3 is 19.0 Å². The highest BCUT2D eigenvalue weighted by atomic mass is 19.1. The van der Waals surface area contributed by atoms with Crippen LogP contribution in [0.2, 0.25) is 0 Å². The number of furan rings is 1. The highest BCUT2D eigenvalue weighted by Gasteiger charge is 2.24. The van der Waals surface area contributed by atoms with Gasteiger partial charge in [0.15, 0.2) is 17.3 Å². The molecule has 2 aromatic rings. The quantitative estimate of drug-likeness (QED) is 0.840. The predicted octanol–water partition coefficient (Wildman–Crippen LogP) is 2.34. The van der Waals surface area contributed by atoms with Crippen molar-refractivity contribution >= 4 is 11.8 Å². The lowest BCUT2D eigenvalue weighted by atomic mass is 10.1. The minimum absolute atomic E-state index is 0.0816. The van der Waals surface area contributed by atoms with Crippen LogP contribution in [-0.4, -0.2) is 54.9 Å². The van der Waals surface area contributed by atoms with E-state index in [9.17, 15) is 14.0 Å². The molecule has 0 saturated carbocycles. The summed E-state index contributed by atoms with van der Waals surface area (Å²) in [6, 6.07) is 7.83. The van der Waals surface area contributed by atoms with Crippen molar-refractivity contribution in [3.8, 4) is 5.75 Å². The number of hydrogen-bond donors (Lipinski definition) is 0. The van der Waals surface area contributed by atoms with E-state index in [0.717, 1.165) is 0 Å². The average molecular weight is 360 g/mol. The van der Waals surface area contributed by atoms with Crippen molar-refractivity contribution in [1.29, 1.82) is 0 Å². The number of carbonyl (C=O) groups is 2. The summed E-state index contributed by atoms with van der Waals surface area (Å²) in [7, 11) is 1.40. The minimum Gasteiger partial charge on any atom is -0.494 e. The van der Waals surface area contributed by atoms with E-state index < -0.39 is 5.82 Å². The van der Waals surface area contributed by atoms with Crippen LogP contribution in [-0.2, 0) is 11.2 Å². The molecule has 0 atom stereocenters. The molecule has 1 fully saturated rings. The van der Waals surface area contributed by atoms with Crippen LogP contribution in [0.5, 0.6) is 5.75 Å². The molecule has 6 nitrogen and oxygen atoms in total. The second-order valence-corrected chi connectivity index (χ2v) is 6.15. The fourth-order valence-corrected chi connectivity index (χ4v) is 3.03. The van der Waals surface area contributed by atoms with Crippen molar-refractivity contribution in [1.82, 2.24) is 9.80 Å². The Hall–Kier alpha value is -2.83. The monoisotopic (exact) mass is 360 g/mol. The van der Waals surface area contributed by atoms with Gasteiger partial charge in [0.05, 0.1) is 19.8 Å². The lowest BCUT2D eigenvalue weighted by molar-refractivity contribution is -0.130. The Kier molecular flexibility index (Phi) is 5.55. The van der Waals surface area contributed by atoms with Crippen LogP contribution in [0.4, 0.5) is 4.39 Å². The molecule has 0 N–H and O–H groups in total. The summed E-state index contributed by atoms with van der Waals surface area (Å²) in [5.74, 6) is -0.270. The van der Waals surface area contributed by atoms with E-state index in [2.05, 4.69) is 0 Å². The van der Waals surface area contributed by atoms with E-state index in [4.69, 9.17) is 9.15 Å². The third kappa shape index (κ3) is 4.04. The molecule has 1 aromatic heterocycles.